The minimum Gasteiger partial charge on any atom is -0.360 e. The van der Waals surface area contributed by atoms with Crippen LogP contribution >= 0.6 is 0 Å². The molecule has 1 amide bonds. The van der Waals surface area contributed by atoms with Gasteiger partial charge in [0.15, 0.2) is 0 Å². The van der Waals surface area contributed by atoms with Crippen LogP contribution in [0.15, 0.2) is 41.5 Å². The quantitative estimate of drug-likeness (QED) is 0.698. The van der Waals surface area contributed by atoms with Crippen LogP contribution in [-0.4, -0.2) is 52.1 Å². The van der Waals surface area contributed by atoms with E-state index in [2.05, 4.69) is 22.9 Å². The molecule has 5 rings (SSSR count). The molecule has 3 atom stereocenters. The number of rotatable bonds is 5. The number of pyridine rings is 2. The number of aromatic nitrogens is 2. The summed E-state index contributed by atoms with van der Waals surface area (Å²) in [5, 5.41) is 9.05. The summed E-state index contributed by atoms with van der Waals surface area (Å²) in [6.45, 7) is 3.53. The summed E-state index contributed by atoms with van der Waals surface area (Å²) in [6, 6.07) is 9.78. The number of nitriles is 1. The summed E-state index contributed by atoms with van der Waals surface area (Å²) in [4.78, 5) is 34.0. The molecule has 3 fully saturated rings. The third kappa shape index (κ3) is 3.80. The lowest BCUT2D eigenvalue weighted by molar-refractivity contribution is -0.154. The number of carbonyl (C=O) groups is 1. The van der Waals surface area contributed by atoms with E-state index in [9.17, 15) is 9.59 Å². The van der Waals surface area contributed by atoms with Gasteiger partial charge in [-0.25, -0.2) is 4.98 Å². The Morgan fingerprint density at radius 3 is 2.73 bits per heavy atom. The molecule has 0 aromatic carbocycles. The topological polar surface area (TPSA) is 91.5 Å². The number of piperazine rings is 1. The standard InChI is InChI=1S/C25H29N5O3/c1-17-10-20-14-29(15-21(17)30(20)22-5-4-18(12-26)13-27-22)24(32)16-33-25(7-3-8-25)19-6-9-28(2)23(31)11-19/h4-6,9,11,13,17,20-21H,3,7-8,10,14-16H2,1-2H3/t17-,20?,21?/m0/s1. The van der Waals surface area contributed by atoms with Crippen molar-refractivity contribution in [1.82, 2.24) is 14.5 Å². The lowest BCUT2D eigenvalue weighted by atomic mass is 9.75. The summed E-state index contributed by atoms with van der Waals surface area (Å²) in [5.41, 5.74) is 0.831. The number of anilines is 1. The van der Waals surface area contributed by atoms with Gasteiger partial charge in [-0.1, -0.05) is 6.92 Å². The van der Waals surface area contributed by atoms with E-state index in [0.717, 1.165) is 37.1 Å². The van der Waals surface area contributed by atoms with Gasteiger partial charge in [-0.15, -0.1) is 0 Å². The van der Waals surface area contributed by atoms with Gasteiger partial charge >= 0.3 is 0 Å². The van der Waals surface area contributed by atoms with Crippen molar-refractivity contribution in [3.63, 3.8) is 0 Å². The fourth-order valence-corrected chi connectivity index (χ4v) is 5.53. The van der Waals surface area contributed by atoms with Crippen LogP contribution in [0.4, 0.5) is 5.82 Å². The molecular formula is C25H29N5O3. The molecule has 2 bridgehead atoms. The summed E-state index contributed by atoms with van der Waals surface area (Å²) < 4.78 is 7.76. The molecule has 2 unspecified atom stereocenters. The van der Waals surface area contributed by atoms with Crippen molar-refractivity contribution in [3.05, 3.63) is 58.1 Å². The van der Waals surface area contributed by atoms with E-state index < -0.39 is 5.60 Å². The number of amides is 1. The van der Waals surface area contributed by atoms with Crippen molar-refractivity contribution < 1.29 is 9.53 Å². The van der Waals surface area contributed by atoms with Crippen molar-refractivity contribution in [3.8, 4) is 6.07 Å². The van der Waals surface area contributed by atoms with Crippen molar-refractivity contribution in [2.24, 2.45) is 13.0 Å². The first kappa shape index (κ1) is 21.7. The van der Waals surface area contributed by atoms with Crippen LogP contribution in [0.25, 0.3) is 0 Å². The molecule has 8 nitrogen and oxygen atoms in total. The Kier molecular flexibility index (Phi) is 5.45. The van der Waals surface area contributed by atoms with E-state index in [1.54, 1.807) is 36.1 Å². The summed E-state index contributed by atoms with van der Waals surface area (Å²) in [6.07, 6.45) is 7.06. The number of likely N-dealkylation sites (tertiary alicyclic amines) is 1. The zero-order valence-corrected chi connectivity index (χ0v) is 19.1. The summed E-state index contributed by atoms with van der Waals surface area (Å²) in [5.74, 6) is 1.32. The van der Waals surface area contributed by atoms with Gasteiger partial charge in [0.2, 0.25) is 5.91 Å². The molecule has 33 heavy (non-hydrogen) atoms. The van der Waals surface area contributed by atoms with Crippen LogP contribution in [-0.2, 0) is 22.2 Å². The fourth-order valence-electron chi connectivity index (χ4n) is 5.53. The van der Waals surface area contributed by atoms with Crippen LogP contribution in [0, 0.1) is 17.2 Å². The maximum atomic E-state index is 13.2. The van der Waals surface area contributed by atoms with E-state index >= 15 is 0 Å². The Labute approximate surface area is 193 Å². The molecule has 172 valence electrons. The zero-order chi connectivity index (χ0) is 23.2. The van der Waals surface area contributed by atoms with Crippen molar-refractivity contribution in [1.29, 1.82) is 5.26 Å². The highest BCUT2D eigenvalue weighted by molar-refractivity contribution is 5.78. The van der Waals surface area contributed by atoms with Gasteiger partial charge < -0.3 is 19.1 Å². The smallest absolute Gasteiger partial charge is 0.250 e. The van der Waals surface area contributed by atoms with Crippen molar-refractivity contribution in [2.45, 2.75) is 50.3 Å². The molecule has 2 aromatic rings. The third-order valence-corrected chi connectivity index (χ3v) is 7.65. The van der Waals surface area contributed by atoms with Crippen LogP contribution in [0.1, 0.15) is 43.7 Å². The molecule has 3 aliphatic rings. The van der Waals surface area contributed by atoms with E-state index in [0.29, 0.717) is 24.6 Å². The predicted molar refractivity (Wildman–Crippen MR) is 123 cm³/mol. The Balaban J connectivity index is 1.26. The average Bonchev–Trinajstić information content (AvgIpc) is 2.99. The lowest BCUT2D eigenvalue weighted by Crippen LogP contribution is -2.57. The first-order chi connectivity index (χ1) is 15.9. The molecule has 2 saturated heterocycles. The number of hydrogen-bond donors (Lipinski definition) is 0. The van der Waals surface area contributed by atoms with Crippen LogP contribution in [0.5, 0.6) is 0 Å². The minimum absolute atomic E-state index is 0.00152. The molecule has 2 aromatic heterocycles. The summed E-state index contributed by atoms with van der Waals surface area (Å²) >= 11 is 0. The molecular weight excluding hydrogens is 418 g/mol. The fraction of sp³-hybridized carbons (Fsp3) is 0.520. The Hall–Kier alpha value is -3.18. The van der Waals surface area contributed by atoms with E-state index in [1.807, 2.05) is 17.0 Å². The number of ether oxygens (including phenoxy) is 1. The van der Waals surface area contributed by atoms with E-state index in [1.165, 1.54) is 0 Å². The van der Waals surface area contributed by atoms with Gasteiger partial charge in [0, 0.05) is 44.6 Å². The largest absolute Gasteiger partial charge is 0.360 e. The zero-order valence-electron chi connectivity index (χ0n) is 19.1. The molecule has 0 N–H and O–H groups in total. The minimum atomic E-state index is -0.524. The third-order valence-electron chi connectivity index (χ3n) is 7.65. The first-order valence-corrected chi connectivity index (χ1v) is 11.6. The van der Waals surface area contributed by atoms with E-state index in [4.69, 9.17) is 10.00 Å². The monoisotopic (exact) mass is 447 g/mol. The van der Waals surface area contributed by atoms with Gasteiger partial charge in [0.05, 0.1) is 17.2 Å². The predicted octanol–water partition coefficient (Wildman–Crippen LogP) is 2.17. The Bertz CT molecular complexity index is 1150. The SMILES string of the molecule is C[C@H]1CC2CN(C(=O)COC3(c4ccn(C)c(=O)c4)CCC3)CC1N2c1ccc(C#N)cn1. The highest BCUT2D eigenvalue weighted by Gasteiger charge is 2.47. The van der Waals surface area contributed by atoms with Gasteiger partial charge in [0.1, 0.15) is 18.5 Å². The van der Waals surface area contributed by atoms with Gasteiger partial charge in [-0.3, -0.25) is 9.59 Å². The lowest BCUT2D eigenvalue weighted by Gasteiger charge is -2.44. The molecule has 4 heterocycles. The highest BCUT2D eigenvalue weighted by atomic mass is 16.5. The van der Waals surface area contributed by atoms with Gasteiger partial charge in [-0.2, -0.15) is 5.26 Å². The second-order valence-electron chi connectivity index (χ2n) is 9.66. The number of nitrogens with zero attached hydrogens (tertiary/aromatic N) is 5. The molecule has 0 radical (unpaired) electrons. The number of fused-ring (bicyclic) bond motifs is 2. The maximum Gasteiger partial charge on any atom is 0.250 e. The number of aryl methyl sites for hydroxylation is 1. The average molecular weight is 448 g/mol. The second-order valence-corrected chi connectivity index (χ2v) is 9.66. The first-order valence-electron chi connectivity index (χ1n) is 11.6. The van der Waals surface area contributed by atoms with Gasteiger partial charge in [0.25, 0.3) is 5.56 Å². The number of carbonyl (C=O) groups excluding carboxylic acids is 1. The Morgan fingerprint density at radius 2 is 2.12 bits per heavy atom. The highest BCUT2D eigenvalue weighted by Crippen LogP contribution is 2.44. The van der Waals surface area contributed by atoms with Crippen molar-refractivity contribution in [2.75, 3.05) is 24.6 Å². The van der Waals surface area contributed by atoms with Crippen LogP contribution < -0.4 is 10.5 Å². The Morgan fingerprint density at radius 1 is 1.30 bits per heavy atom. The van der Waals surface area contributed by atoms with Gasteiger partial charge in [-0.05, 0) is 55.4 Å². The molecule has 1 saturated carbocycles. The van der Waals surface area contributed by atoms with Crippen molar-refractivity contribution >= 4 is 11.7 Å². The molecule has 0 spiro atoms. The summed E-state index contributed by atoms with van der Waals surface area (Å²) in [7, 11) is 1.73. The molecule has 1 aliphatic carbocycles. The van der Waals surface area contributed by atoms with Crippen LogP contribution in [0.3, 0.4) is 0 Å². The maximum absolute atomic E-state index is 13.2. The number of hydrogen-bond acceptors (Lipinski definition) is 6. The molecule has 8 heteroatoms. The van der Waals surface area contributed by atoms with E-state index in [-0.39, 0.29) is 30.2 Å². The normalized spacial score (nSPS) is 25.4. The van der Waals surface area contributed by atoms with Crippen LogP contribution in [0.2, 0.25) is 0 Å². The molecule has 2 aliphatic heterocycles. The second kappa shape index (κ2) is 8.31.